The Balaban J connectivity index is 1.76. The molecule has 1 fully saturated rings. The van der Waals surface area contributed by atoms with Crippen LogP contribution in [0.3, 0.4) is 0 Å². The van der Waals surface area contributed by atoms with Crippen LogP contribution in [0.25, 0.3) is 0 Å². The molecule has 1 saturated carbocycles. The third kappa shape index (κ3) is 2.74. The van der Waals surface area contributed by atoms with Gasteiger partial charge in [-0.15, -0.1) is 0 Å². The summed E-state index contributed by atoms with van der Waals surface area (Å²) in [6, 6.07) is 0. The van der Waals surface area contributed by atoms with Crippen molar-refractivity contribution in [2.75, 3.05) is 6.61 Å². The fourth-order valence-corrected chi connectivity index (χ4v) is 3.14. The van der Waals surface area contributed by atoms with Crippen molar-refractivity contribution in [3.63, 3.8) is 0 Å². The number of hydrogen-bond acceptors (Lipinski definition) is 2. The summed E-state index contributed by atoms with van der Waals surface area (Å²) in [5, 5.41) is 0. The molecule has 0 radical (unpaired) electrons. The Bertz CT molecular complexity index is 309. The van der Waals surface area contributed by atoms with E-state index >= 15 is 0 Å². The van der Waals surface area contributed by atoms with Gasteiger partial charge >= 0.3 is 0 Å². The SMILES string of the molecule is CC(C)(C)OOCCC1=CC[C@H]2C[C@@H]1C2(C)C. The van der Waals surface area contributed by atoms with Gasteiger partial charge < -0.3 is 0 Å². The maximum absolute atomic E-state index is 5.29. The minimum atomic E-state index is -0.207. The van der Waals surface area contributed by atoms with Crippen LogP contribution in [-0.2, 0) is 9.78 Å². The normalized spacial score (nSPS) is 30.8. The molecule has 3 rings (SSSR count). The highest BCUT2D eigenvalue weighted by atomic mass is 17.2. The van der Waals surface area contributed by atoms with Crippen molar-refractivity contribution < 1.29 is 9.78 Å². The van der Waals surface area contributed by atoms with E-state index in [9.17, 15) is 0 Å². The lowest BCUT2D eigenvalue weighted by Gasteiger charge is -2.56. The number of fused-ring (bicyclic) bond motifs is 1. The minimum absolute atomic E-state index is 0.207. The lowest BCUT2D eigenvalue weighted by molar-refractivity contribution is -0.348. The van der Waals surface area contributed by atoms with Crippen LogP contribution in [0.5, 0.6) is 0 Å². The molecule has 2 nitrogen and oxygen atoms in total. The van der Waals surface area contributed by atoms with Crippen LogP contribution in [0, 0.1) is 17.3 Å². The average molecular weight is 238 g/mol. The number of hydrogen-bond donors (Lipinski definition) is 0. The van der Waals surface area contributed by atoms with Gasteiger partial charge in [0.05, 0.1) is 12.2 Å². The molecule has 98 valence electrons. The third-order valence-electron chi connectivity index (χ3n) is 4.37. The summed E-state index contributed by atoms with van der Waals surface area (Å²) in [5.41, 5.74) is 1.91. The standard InChI is InChI=1S/C15H26O2/c1-14(2,3)17-16-9-8-11-6-7-12-10-13(11)15(12,4)5/h6,12-13H,7-10H2,1-5H3/t12-,13-/m0/s1. The number of allylic oxidation sites excluding steroid dienone is 1. The van der Waals surface area contributed by atoms with E-state index in [4.69, 9.17) is 9.78 Å². The van der Waals surface area contributed by atoms with E-state index in [1.807, 2.05) is 20.8 Å². The van der Waals surface area contributed by atoms with Crippen LogP contribution in [0.4, 0.5) is 0 Å². The average Bonchev–Trinajstić information content (AvgIpc) is 2.23. The lowest BCUT2D eigenvalue weighted by Crippen LogP contribution is -2.48. The van der Waals surface area contributed by atoms with Crippen molar-refractivity contribution in [3.8, 4) is 0 Å². The third-order valence-corrected chi connectivity index (χ3v) is 4.37. The minimum Gasteiger partial charge on any atom is -0.236 e. The van der Waals surface area contributed by atoms with Gasteiger partial charge in [-0.1, -0.05) is 25.5 Å². The Kier molecular flexibility index (Phi) is 3.39. The van der Waals surface area contributed by atoms with Crippen molar-refractivity contribution in [1.29, 1.82) is 0 Å². The Morgan fingerprint density at radius 3 is 2.59 bits per heavy atom. The second-order valence-corrected chi connectivity index (χ2v) is 7.09. The van der Waals surface area contributed by atoms with Crippen LogP contribution in [0.1, 0.15) is 53.9 Å². The van der Waals surface area contributed by atoms with Gasteiger partial charge in [-0.3, -0.25) is 0 Å². The summed E-state index contributed by atoms with van der Waals surface area (Å²) < 4.78 is 0. The summed E-state index contributed by atoms with van der Waals surface area (Å²) in [7, 11) is 0. The van der Waals surface area contributed by atoms with Crippen molar-refractivity contribution >= 4 is 0 Å². The predicted molar refractivity (Wildman–Crippen MR) is 69.5 cm³/mol. The van der Waals surface area contributed by atoms with Crippen LogP contribution in [-0.4, -0.2) is 12.2 Å². The van der Waals surface area contributed by atoms with Crippen molar-refractivity contribution in [1.82, 2.24) is 0 Å². The monoisotopic (exact) mass is 238 g/mol. The molecule has 0 saturated heterocycles. The van der Waals surface area contributed by atoms with Gasteiger partial charge in [0.25, 0.3) is 0 Å². The second-order valence-electron chi connectivity index (χ2n) is 7.09. The first-order chi connectivity index (χ1) is 7.81. The Labute approximate surface area is 105 Å². The first-order valence-electron chi connectivity index (χ1n) is 6.80. The summed E-state index contributed by atoms with van der Waals surface area (Å²) in [6.45, 7) is 11.5. The van der Waals surface area contributed by atoms with Gasteiger partial charge in [0.2, 0.25) is 0 Å². The van der Waals surface area contributed by atoms with Crippen molar-refractivity contribution in [2.24, 2.45) is 17.3 Å². The van der Waals surface area contributed by atoms with Gasteiger partial charge in [0.15, 0.2) is 0 Å². The summed E-state index contributed by atoms with van der Waals surface area (Å²) in [6.07, 6.45) is 6.11. The molecule has 0 spiro atoms. The molecule has 0 aromatic rings. The first-order valence-corrected chi connectivity index (χ1v) is 6.80. The van der Waals surface area contributed by atoms with Gasteiger partial charge in [-0.2, -0.15) is 0 Å². The van der Waals surface area contributed by atoms with E-state index in [0.717, 1.165) is 18.3 Å². The molecule has 0 aliphatic heterocycles. The van der Waals surface area contributed by atoms with E-state index in [1.54, 1.807) is 5.57 Å². The highest BCUT2D eigenvalue weighted by molar-refractivity contribution is 5.23. The van der Waals surface area contributed by atoms with Gasteiger partial charge in [0.1, 0.15) is 0 Å². The molecular weight excluding hydrogens is 212 g/mol. The molecule has 0 unspecified atom stereocenters. The van der Waals surface area contributed by atoms with Crippen molar-refractivity contribution in [2.45, 2.75) is 59.5 Å². The molecule has 0 heterocycles. The Hall–Kier alpha value is -0.340. The molecule has 17 heavy (non-hydrogen) atoms. The molecule has 0 N–H and O–H groups in total. The predicted octanol–water partition coefficient (Wildman–Crippen LogP) is 4.12. The molecule has 2 heteroatoms. The van der Waals surface area contributed by atoms with E-state index in [0.29, 0.717) is 12.0 Å². The van der Waals surface area contributed by atoms with E-state index < -0.39 is 0 Å². The first kappa shape index (κ1) is 13.1. The molecule has 0 amide bonds. The zero-order valence-corrected chi connectivity index (χ0v) is 11.9. The Morgan fingerprint density at radius 2 is 2.06 bits per heavy atom. The van der Waals surface area contributed by atoms with E-state index in [1.165, 1.54) is 12.8 Å². The van der Waals surface area contributed by atoms with E-state index in [-0.39, 0.29) is 5.60 Å². The molecule has 2 atom stereocenters. The zero-order chi connectivity index (χ0) is 12.7. The summed E-state index contributed by atoms with van der Waals surface area (Å²) in [5.74, 6) is 1.71. The summed E-state index contributed by atoms with van der Waals surface area (Å²) in [4.78, 5) is 10.6. The van der Waals surface area contributed by atoms with Crippen molar-refractivity contribution in [3.05, 3.63) is 11.6 Å². The fraction of sp³-hybridized carbons (Fsp3) is 0.867. The summed E-state index contributed by atoms with van der Waals surface area (Å²) >= 11 is 0. The van der Waals surface area contributed by atoms with Crippen LogP contribution < -0.4 is 0 Å². The highest BCUT2D eigenvalue weighted by Gasteiger charge is 2.50. The molecular formula is C15H26O2. The quantitative estimate of drug-likeness (QED) is 0.317. The Morgan fingerprint density at radius 1 is 1.35 bits per heavy atom. The van der Waals surface area contributed by atoms with Crippen LogP contribution >= 0.6 is 0 Å². The maximum Gasteiger partial charge on any atom is 0.0952 e. The number of rotatable bonds is 4. The van der Waals surface area contributed by atoms with Gasteiger partial charge in [-0.25, -0.2) is 9.78 Å². The molecule has 3 aliphatic carbocycles. The maximum atomic E-state index is 5.29. The fourth-order valence-electron chi connectivity index (χ4n) is 3.14. The molecule has 2 bridgehead atoms. The largest absolute Gasteiger partial charge is 0.236 e. The van der Waals surface area contributed by atoms with Gasteiger partial charge in [0, 0.05) is 0 Å². The van der Waals surface area contributed by atoms with Crippen LogP contribution in [0.15, 0.2) is 11.6 Å². The topological polar surface area (TPSA) is 18.5 Å². The molecule has 0 aromatic carbocycles. The highest BCUT2D eigenvalue weighted by Crippen LogP contribution is 2.59. The smallest absolute Gasteiger partial charge is 0.0952 e. The van der Waals surface area contributed by atoms with Gasteiger partial charge in [-0.05, 0) is 57.3 Å². The zero-order valence-electron chi connectivity index (χ0n) is 11.9. The lowest BCUT2D eigenvalue weighted by atomic mass is 9.48. The molecule has 3 aliphatic rings. The van der Waals surface area contributed by atoms with Crippen LogP contribution in [0.2, 0.25) is 0 Å². The molecule has 0 aromatic heterocycles. The van der Waals surface area contributed by atoms with E-state index in [2.05, 4.69) is 19.9 Å². The second kappa shape index (κ2) is 4.40.